The van der Waals surface area contributed by atoms with E-state index >= 15 is 0 Å². The van der Waals surface area contributed by atoms with Gasteiger partial charge in [-0.1, -0.05) is 53.2 Å². The topological polar surface area (TPSA) is 151 Å². The summed E-state index contributed by atoms with van der Waals surface area (Å²) in [4.78, 5) is 49.9. The summed E-state index contributed by atoms with van der Waals surface area (Å²) in [6.07, 6.45) is 0.0988. The van der Waals surface area contributed by atoms with Crippen LogP contribution in [0.4, 0.5) is 0 Å². The van der Waals surface area contributed by atoms with E-state index in [4.69, 9.17) is 4.52 Å². The molecule has 0 saturated heterocycles. The van der Waals surface area contributed by atoms with Crippen LogP contribution in [0, 0.1) is 13.8 Å². The van der Waals surface area contributed by atoms with Gasteiger partial charge in [-0.15, -0.1) is 0 Å². The van der Waals surface area contributed by atoms with E-state index in [1.807, 2.05) is 37.3 Å². The summed E-state index contributed by atoms with van der Waals surface area (Å²) in [5.41, 5.74) is 3.27. The fourth-order valence-electron chi connectivity index (χ4n) is 3.78. The number of carbonyl (C=O) groups is 4. The number of hydrogen-bond acceptors (Lipinski definition) is 7. The Morgan fingerprint density at radius 3 is 2.37 bits per heavy atom. The van der Waals surface area contributed by atoms with Gasteiger partial charge in [0.15, 0.2) is 5.69 Å². The molecule has 3 aromatic rings. The Labute approximate surface area is 220 Å². The smallest absolute Gasteiger partial charge is 0.274 e. The number of rotatable bonds is 12. The van der Waals surface area contributed by atoms with Crippen LogP contribution in [0.3, 0.4) is 0 Å². The molecule has 1 heterocycles. The molecule has 0 aliphatic heterocycles. The standard InChI is InChI=1S/C28H32N4O6/c1-17-7-9-21(10-8-17)15-29-26(35)23(12-11-20-5-4-6-22(14-20)16-33)30-28(37)25(19(3)34)31-27(36)24-13-18(2)38-32-24/h4-10,13-14,16,19,23,25,34H,11-12,15H2,1-3H3,(H,29,35)(H,30,37)(H,31,36)/t19-,23?,25+/m1/s1. The number of hydrogen-bond donors (Lipinski definition) is 4. The van der Waals surface area contributed by atoms with Crippen molar-refractivity contribution in [2.24, 2.45) is 0 Å². The summed E-state index contributed by atoms with van der Waals surface area (Å²) in [5.74, 6) is -1.44. The molecular weight excluding hydrogens is 488 g/mol. The second-order valence-corrected chi connectivity index (χ2v) is 9.18. The zero-order valence-electron chi connectivity index (χ0n) is 21.6. The van der Waals surface area contributed by atoms with Gasteiger partial charge in [-0.3, -0.25) is 19.2 Å². The number of aliphatic hydroxyl groups is 1. The van der Waals surface area contributed by atoms with Crippen molar-refractivity contribution in [1.82, 2.24) is 21.1 Å². The van der Waals surface area contributed by atoms with Gasteiger partial charge in [-0.25, -0.2) is 0 Å². The number of aldehydes is 1. The first kappa shape index (κ1) is 28.3. The maximum absolute atomic E-state index is 13.1. The van der Waals surface area contributed by atoms with Crippen LogP contribution in [0.25, 0.3) is 0 Å². The molecule has 0 fully saturated rings. The monoisotopic (exact) mass is 520 g/mol. The summed E-state index contributed by atoms with van der Waals surface area (Å²) in [6.45, 7) is 5.20. The molecule has 0 spiro atoms. The molecule has 0 bridgehead atoms. The zero-order valence-corrected chi connectivity index (χ0v) is 21.6. The molecule has 4 N–H and O–H groups in total. The average molecular weight is 521 g/mol. The number of aryl methyl sites for hydroxylation is 3. The number of aliphatic hydroxyl groups excluding tert-OH is 1. The van der Waals surface area contributed by atoms with Crippen LogP contribution in [-0.2, 0) is 22.6 Å². The molecule has 200 valence electrons. The molecular formula is C28H32N4O6. The summed E-state index contributed by atoms with van der Waals surface area (Å²) >= 11 is 0. The van der Waals surface area contributed by atoms with Crippen molar-refractivity contribution in [1.29, 1.82) is 0 Å². The molecule has 1 unspecified atom stereocenters. The fraction of sp³-hybridized carbons (Fsp3) is 0.321. The highest BCUT2D eigenvalue weighted by Gasteiger charge is 2.30. The summed E-state index contributed by atoms with van der Waals surface area (Å²) in [5, 5.41) is 21.8. The number of aromatic nitrogens is 1. The molecule has 2 aromatic carbocycles. The van der Waals surface area contributed by atoms with Gasteiger partial charge >= 0.3 is 0 Å². The predicted molar refractivity (Wildman–Crippen MR) is 139 cm³/mol. The van der Waals surface area contributed by atoms with E-state index in [-0.39, 0.29) is 18.7 Å². The lowest BCUT2D eigenvalue weighted by Gasteiger charge is -2.24. The van der Waals surface area contributed by atoms with Gasteiger partial charge in [0.25, 0.3) is 5.91 Å². The van der Waals surface area contributed by atoms with Crippen LogP contribution in [0.2, 0.25) is 0 Å². The molecule has 0 radical (unpaired) electrons. The zero-order chi connectivity index (χ0) is 27.7. The highest BCUT2D eigenvalue weighted by molar-refractivity contribution is 5.97. The van der Waals surface area contributed by atoms with Gasteiger partial charge < -0.3 is 25.6 Å². The van der Waals surface area contributed by atoms with Gasteiger partial charge in [0, 0.05) is 18.2 Å². The molecule has 0 aliphatic carbocycles. The highest BCUT2D eigenvalue weighted by atomic mass is 16.5. The molecule has 10 nitrogen and oxygen atoms in total. The van der Waals surface area contributed by atoms with Crippen molar-refractivity contribution in [3.8, 4) is 0 Å². The van der Waals surface area contributed by atoms with Crippen LogP contribution >= 0.6 is 0 Å². The van der Waals surface area contributed by atoms with Crippen molar-refractivity contribution in [3.05, 3.63) is 88.3 Å². The maximum Gasteiger partial charge on any atom is 0.274 e. The third kappa shape index (κ3) is 8.10. The van der Waals surface area contributed by atoms with E-state index in [0.717, 1.165) is 23.0 Å². The van der Waals surface area contributed by atoms with Crippen molar-refractivity contribution >= 4 is 24.0 Å². The Kier molecular flexibility index (Phi) is 9.89. The van der Waals surface area contributed by atoms with Gasteiger partial charge in [0.2, 0.25) is 11.8 Å². The van der Waals surface area contributed by atoms with Crippen molar-refractivity contribution in [2.45, 2.75) is 58.3 Å². The van der Waals surface area contributed by atoms with Crippen LogP contribution in [0.15, 0.2) is 59.1 Å². The largest absolute Gasteiger partial charge is 0.391 e. The Morgan fingerprint density at radius 1 is 1.00 bits per heavy atom. The minimum absolute atomic E-state index is 0.0385. The van der Waals surface area contributed by atoms with Crippen LogP contribution in [-0.4, -0.2) is 52.5 Å². The van der Waals surface area contributed by atoms with E-state index in [2.05, 4.69) is 21.1 Å². The Balaban J connectivity index is 1.73. The van der Waals surface area contributed by atoms with Gasteiger partial charge in [0.05, 0.1) is 6.10 Å². The first-order valence-corrected chi connectivity index (χ1v) is 12.3. The molecule has 0 saturated carbocycles. The van der Waals surface area contributed by atoms with Crippen LogP contribution in [0.1, 0.15) is 56.6 Å². The second kappa shape index (κ2) is 13.3. The number of nitrogens with zero attached hydrogens (tertiary/aromatic N) is 1. The molecule has 3 atom stereocenters. The first-order chi connectivity index (χ1) is 18.2. The van der Waals surface area contributed by atoms with E-state index in [1.54, 1.807) is 25.1 Å². The van der Waals surface area contributed by atoms with Crippen LogP contribution in [0.5, 0.6) is 0 Å². The third-order valence-electron chi connectivity index (χ3n) is 5.94. The van der Waals surface area contributed by atoms with Gasteiger partial charge in [-0.05, 0) is 50.8 Å². The Morgan fingerprint density at radius 2 is 1.74 bits per heavy atom. The Bertz CT molecular complexity index is 1270. The van der Waals surface area contributed by atoms with E-state index in [0.29, 0.717) is 17.7 Å². The average Bonchev–Trinajstić information content (AvgIpc) is 3.35. The van der Waals surface area contributed by atoms with Gasteiger partial charge in [-0.2, -0.15) is 0 Å². The SMILES string of the molecule is Cc1ccc(CNC(=O)C(CCc2cccc(C=O)c2)NC(=O)[C@@H](NC(=O)c2cc(C)on2)[C@@H](C)O)cc1. The summed E-state index contributed by atoms with van der Waals surface area (Å²) in [7, 11) is 0. The van der Waals surface area contributed by atoms with Crippen molar-refractivity contribution < 1.29 is 28.8 Å². The molecule has 1 aromatic heterocycles. The highest BCUT2D eigenvalue weighted by Crippen LogP contribution is 2.10. The van der Waals surface area contributed by atoms with Crippen molar-refractivity contribution in [3.63, 3.8) is 0 Å². The summed E-state index contributed by atoms with van der Waals surface area (Å²) in [6, 6.07) is 13.7. The predicted octanol–water partition coefficient (Wildman–Crippen LogP) is 2.02. The number of benzene rings is 2. The lowest BCUT2D eigenvalue weighted by Crippen LogP contribution is -2.57. The first-order valence-electron chi connectivity index (χ1n) is 12.3. The lowest BCUT2D eigenvalue weighted by atomic mass is 10.0. The molecule has 3 rings (SSSR count). The number of amides is 3. The molecule has 10 heteroatoms. The summed E-state index contributed by atoms with van der Waals surface area (Å²) < 4.78 is 4.90. The van der Waals surface area contributed by atoms with Gasteiger partial charge in [0.1, 0.15) is 24.1 Å². The van der Waals surface area contributed by atoms with E-state index in [9.17, 15) is 24.3 Å². The maximum atomic E-state index is 13.1. The third-order valence-corrected chi connectivity index (χ3v) is 5.94. The van der Waals surface area contributed by atoms with Crippen LogP contribution < -0.4 is 16.0 Å². The second-order valence-electron chi connectivity index (χ2n) is 9.18. The van der Waals surface area contributed by atoms with Crippen molar-refractivity contribution in [2.75, 3.05) is 0 Å². The van der Waals surface area contributed by atoms with E-state index in [1.165, 1.54) is 13.0 Å². The number of carbonyl (C=O) groups excluding carboxylic acids is 4. The normalized spacial score (nSPS) is 13.2. The quantitative estimate of drug-likeness (QED) is 0.267. The fourth-order valence-corrected chi connectivity index (χ4v) is 3.78. The molecule has 3 amide bonds. The minimum Gasteiger partial charge on any atom is -0.391 e. The van der Waals surface area contributed by atoms with E-state index < -0.39 is 35.9 Å². The Hall–Kier alpha value is -4.31. The lowest BCUT2D eigenvalue weighted by molar-refractivity contribution is -0.131. The number of nitrogens with one attached hydrogen (secondary N) is 3. The molecule has 0 aliphatic rings. The molecule has 38 heavy (non-hydrogen) atoms. The minimum atomic E-state index is -1.34.